The second-order valence-corrected chi connectivity index (χ2v) is 8.28. The van der Waals surface area contributed by atoms with E-state index in [2.05, 4.69) is 44.8 Å². The predicted molar refractivity (Wildman–Crippen MR) is 73.5 cm³/mol. The summed E-state index contributed by atoms with van der Waals surface area (Å²) in [6.07, 6.45) is 1.37. The summed E-state index contributed by atoms with van der Waals surface area (Å²) in [7, 11) is 0.101. The number of nitrogens with one attached hydrogen (secondary N) is 1. The Hall–Kier alpha value is 0.137. The van der Waals surface area contributed by atoms with Crippen molar-refractivity contribution in [3.8, 4) is 0 Å². The van der Waals surface area contributed by atoms with Gasteiger partial charge in [0.25, 0.3) is 0 Å². The molecule has 0 aliphatic rings. The predicted octanol–water partition coefficient (Wildman–Crippen LogP) is 2.07. The lowest BCUT2D eigenvalue weighted by atomic mass is 10.2. The Balaban J connectivity index is 3.63. The molecule has 3 heteroatoms. The van der Waals surface area contributed by atoms with Crippen molar-refractivity contribution < 1.29 is 0 Å². The molecule has 2 nitrogen and oxygen atoms in total. The minimum atomic E-state index is 0.101. The first-order valence-corrected chi connectivity index (χ1v) is 8.19. The molecule has 0 aromatic rings. The van der Waals surface area contributed by atoms with Gasteiger partial charge in [-0.15, -0.1) is 0 Å². The number of nitrogens with zero attached hydrogens (tertiary/aromatic N) is 1. The summed E-state index contributed by atoms with van der Waals surface area (Å²) in [5, 5.41) is 4.18. The second-order valence-electron chi connectivity index (χ2n) is 5.16. The van der Waals surface area contributed by atoms with E-state index in [1.165, 1.54) is 19.0 Å². The van der Waals surface area contributed by atoms with Crippen molar-refractivity contribution in [2.24, 2.45) is 0 Å². The molecule has 0 aliphatic carbocycles. The van der Waals surface area contributed by atoms with Crippen molar-refractivity contribution in [3.05, 3.63) is 0 Å². The van der Waals surface area contributed by atoms with Gasteiger partial charge >= 0.3 is 0 Å². The van der Waals surface area contributed by atoms with Crippen LogP contribution >= 0.6 is 0 Å². The van der Waals surface area contributed by atoms with Gasteiger partial charge in [0.05, 0.1) is 0 Å². The Morgan fingerprint density at radius 3 is 2.20 bits per heavy atom. The molecule has 1 N–H and O–H groups in total. The summed E-state index contributed by atoms with van der Waals surface area (Å²) in [6, 6.07) is 1.49. The van der Waals surface area contributed by atoms with Gasteiger partial charge in [0.1, 0.15) is 0 Å². The van der Waals surface area contributed by atoms with Crippen LogP contribution in [0.2, 0.25) is 11.1 Å². The summed E-state index contributed by atoms with van der Waals surface area (Å²) < 4.78 is 0. The van der Waals surface area contributed by atoms with Crippen molar-refractivity contribution in [2.45, 2.75) is 52.1 Å². The fourth-order valence-corrected chi connectivity index (χ4v) is 3.41. The average molecular weight is 230 g/mol. The first-order chi connectivity index (χ1) is 7.05. The molecule has 0 spiro atoms. The van der Waals surface area contributed by atoms with Crippen molar-refractivity contribution >= 4 is 9.52 Å². The zero-order valence-electron chi connectivity index (χ0n) is 11.4. The molecule has 0 rings (SSSR count). The third-order valence-corrected chi connectivity index (χ3v) is 5.70. The van der Waals surface area contributed by atoms with Gasteiger partial charge in [-0.1, -0.05) is 47.1 Å². The van der Waals surface area contributed by atoms with Crippen molar-refractivity contribution in [1.29, 1.82) is 0 Å². The molecular formula is C12H30N2Si. The molecule has 0 atom stereocenters. The van der Waals surface area contributed by atoms with Gasteiger partial charge in [0, 0.05) is 16.2 Å². The standard InChI is InChI=1S/C12H30N2Si/c1-6-9-15-12(4,5)10-13-11-14(7-2)8-3/h13H,6-11,15H2,1-5H3. The van der Waals surface area contributed by atoms with Crippen LogP contribution in [0.3, 0.4) is 0 Å². The SMILES string of the molecule is CCC[SiH2]C(C)(C)CNCN(CC)CC. The average Bonchev–Trinajstić information content (AvgIpc) is 2.22. The lowest BCUT2D eigenvalue weighted by Crippen LogP contribution is -2.38. The fourth-order valence-electron chi connectivity index (χ4n) is 1.74. The van der Waals surface area contributed by atoms with Crippen molar-refractivity contribution in [1.82, 2.24) is 10.2 Å². The van der Waals surface area contributed by atoms with Gasteiger partial charge < -0.3 is 5.32 Å². The monoisotopic (exact) mass is 230 g/mol. The quantitative estimate of drug-likeness (QED) is 0.482. The third kappa shape index (κ3) is 8.00. The number of hydrogen-bond acceptors (Lipinski definition) is 2. The van der Waals surface area contributed by atoms with Gasteiger partial charge in [0.2, 0.25) is 0 Å². The third-order valence-electron chi connectivity index (χ3n) is 3.04. The smallest absolute Gasteiger partial charge is 0.0480 e. The van der Waals surface area contributed by atoms with Crippen LogP contribution < -0.4 is 5.32 Å². The zero-order chi connectivity index (χ0) is 11.7. The highest BCUT2D eigenvalue weighted by Gasteiger charge is 2.16. The molecule has 0 amide bonds. The van der Waals surface area contributed by atoms with Crippen LogP contribution in [0.25, 0.3) is 0 Å². The van der Waals surface area contributed by atoms with Gasteiger partial charge in [0.15, 0.2) is 0 Å². The molecule has 0 heterocycles. The molecule has 0 unspecified atom stereocenters. The Labute approximate surface area is 98.6 Å². The Kier molecular flexibility index (Phi) is 8.38. The molecule has 0 aromatic heterocycles. The maximum absolute atomic E-state index is 3.60. The van der Waals surface area contributed by atoms with Gasteiger partial charge in [-0.3, -0.25) is 4.90 Å². The molecule has 0 bridgehead atoms. The molecular weight excluding hydrogens is 200 g/mol. The summed E-state index contributed by atoms with van der Waals surface area (Å²) in [4.78, 5) is 2.43. The van der Waals surface area contributed by atoms with E-state index in [-0.39, 0.29) is 9.52 Å². The van der Waals surface area contributed by atoms with E-state index in [9.17, 15) is 0 Å². The van der Waals surface area contributed by atoms with E-state index in [1.807, 2.05) is 0 Å². The van der Waals surface area contributed by atoms with Crippen LogP contribution in [0.4, 0.5) is 0 Å². The summed E-state index contributed by atoms with van der Waals surface area (Å²) >= 11 is 0. The summed E-state index contributed by atoms with van der Waals surface area (Å²) in [5.41, 5.74) is 0. The summed E-state index contributed by atoms with van der Waals surface area (Å²) in [6.45, 7) is 16.1. The first kappa shape index (κ1) is 15.1. The van der Waals surface area contributed by atoms with Gasteiger partial charge in [-0.2, -0.15) is 0 Å². The fraction of sp³-hybridized carbons (Fsp3) is 1.00. The molecule has 0 fully saturated rings. The molecule has 0 saturated heterocycles. The van der Waals surface area contributed by atoms with Crippen LogP contribution in [-0.4, -0.2) is 40.7 Å². The minimum Gasteiger partial charge on any atom is -0.304 e. The molecule has 0 aromatic carbocycles. The van der Waals surface area contributed by atoms with E-state index < -0.39 is 0 Å². The van der Waals surface area contributed by atoms with E-state index in [1.54, 1.807) is 0 Å². The lowest BCUT2D eigenvalue weighted by molar-refractivity contribution is 0.274. The van der Waals surface area contributed by atoms with Crippen LogP contribution in [0.15, 0.2) is 0 Å². The Morgan fingerprint density at radius 2 is 1.73 bits per heavy atom. The molecule has 92 valence electrons. The first-order valence-electron chi connectivity index (χ1n) is 6.48. The zero-order valence-corrected chi connectivity index (χ0v) is 12.8. The van der Waals surface area contributed by atoms with Crippen LogP contribution in [-0.2, 0) is 0 Å². The van der Waals surface area contributed by atoms with E-state index in [0.717, 1.165) is 19.8 Å². The van der Waals surface area contributed by atoms with Crippen molar-refractivity contribution in [3.63, 3.8) is 0 Å². The normalized spacial score (nSPS) is 13.2. The van der Waals surface area contributed by atoms with Crippen LogP contribution in [0.1, 0.15) is 41.0 Å². The van der Waals surface area contributed by atoms with Crippen LogP contribution in [0, 0.1) is 0 Å². The summed E-state index contributed by atoms with van der Waals surface area (Å²) in [5.74, 6) is 0. The van der Waals surface area contributed by atoms with Gasteiger partial charge in [-0.05, 0) is 24.7 Å². The maximum Gasteiger partial charge on any atom is 0.0480 e. The highest BCUT2D eigenvalue weighted by Crippen LogP contribution is 2.22. The Bertz CT molecular complexity index is 145. The Morgan fingerprint density at radius 1 is 1.13 bits per heavy atom. The second kappa shape index (κ2) is 8.31. The topological polar surface area (TPSA) is 15.3 Å². The van der Waals surface area contributed by atoms with Gasteiger partial charge in [-0.25, -0.2) is 0 Å². The molecule has 0 saturated carbocycles. The largest absolute Gasteiger partial charge is 0.304 e. The van der Waals surface area contributed by atoms with E-state index >= 15 is 0 Å². The molecule has 15 heavy (non-hydrogen) atoms. The lowest BCUT2D eigenvalue weighted by Gasteiger charge is -2.27. The van der Waals surface area contributed by atoms with E-state index in [4.69, 9.17) is 0 Å². The molecule has 0 radical (unpaired) electrons. The number of hydrogen-bond donors (Lipinski definition) is 1. The molecule has 0 aliphatic heterocycles. The highest BCUT2D eigenvalue weighted by atomic mass is 28.2. The number of rotatable bonds is 9. The highest BCUT2D eigenvalue weighted by molar-refractivity contribution is 6.39. The maximum atomic E-state index is 3.60. The van der Waals surface area contributed by atoms with Crippen LogP contribution in [0.5, 0.6) is 0 Å². The minimum absolute atomic E-state index is 0.101. The van der Waals surface area contributed by atoms with Crippen molar-refractivity contribution in [2.75, 3.05) is 26.3 Å². The van der Waals surface area contributed by atoms with E-state index in [0.29, 0.717) is 5.04 Å².